The fourth-order valence-corrected chi connectivity index (χ4v) is 1.49. The molecular weight excluding hydrogens is 233 g/mol. The maximum Gasteiger partial charge on any atom is 0.307 e. The van der Waals surface area contributed by atoms with E-state index in [0.717, 1.165) is 0 Å². The Bertz CT molecular complexity index is 384. The van der Waals surface area contributed by atoms with Crippen LogP contribution in [0.15, 0.2) is 18.2 Å². The highest BCUT2D eigenvalue weighted by molar-refractivity contribution is 6.30. The van der Waals surface area contributed by atoms with Crippen molar-refractivity contribution in [3.63, 3.8) is 0 Å². The highest BCUT2D eigenvalue weighted by Gasteiger charge is 2.16. The van der Waals surface area contributed by atoms with E-state index < -0.39 is 17.8 Å². The van der Waals surface area contributed by atoms with Gasteiger partial charge in [0.05, 0.1) is 13.0 Å². The molecule has 5 heteroatoms. The lowest BCUT2D eigenvalue weighted by Gasteiger charge is -2.12. The maximum absolute atomic E-state index is 13.4. The van der Waals surface area contributed by atoms with E-state index in [1.165, 1.54) is 18.2 Å². The first kappa shape index (κ1) is 12.9. The van der Waals surface area contributed by atoms with Gasteiger partial charge in [-0.15, -0.1) is 0 Å². The van der Waals surface area contributed by atoms with E-state index in [1.807, 2.05) is 0 Å². The lowest BCUT2D eigenvalue weighted by atomic mass is 10.0. The van der Waals surface area contributed by atoms with Gasteiger partial charge in [0.15, 0.2) is 0 Å². The zero-order valence-electron chi connectivity index (χ0n) is 8.87. The first-order valence-corrected chi connectivity index (χ1v) is 5.28. The Hall–Kier alpha value is -1.13. The van der Waals surface area contributed by atoms with Crippen molar-refractivity contribution in [2.75, 3.05) is 6.61 Å². The monoisotopic (exact) mass is 245 g/mol. The van der Waals surface area contributed by atoms with Gasteiger partial charge in [0.25, 0.3) is 0 Å². The summed E-state index contributed by atoms with van der Waals surface area (Å²) in [4.78, 5) is 11.2. The fourth-order valence-electron chi connectivity index (χ4n) is 1.31. The summed E-state index contributed by atoms with van der Waals surface area (Å²) in [5.41, 5.74) is 5.92. The summed E-state index contributed by atoms with van der Waals surface area (Å²) in [7, 11) is 0. The van der Waals surface area contributed by atoms with Crippen LogP contribution in [0, 0.1) is 5.82 Å². The number of hydrogen-bond acceptors (Lipinski definition) is 3. The molecule has 0 amide bonds. The Labute approximate surface area is 98.3 Å². The first-order valence-electron chi connectivity index (χ1n) is 4.90. The largest absolute Gasteiger partial charge is 0.466 e. The van der Waals surface area contributed by atoms with Crippen LogP contribution < -0.4 is 5.73 Å². The standard InChI is InChI=1S/C11H13ClFNO2/c1-2-16-11(15)6-10(14)8-5-7(12)3-4-9(8)13/h3-5,10H,2,6,14H2,1H3/t10-/m1/s1. The lowest BCUT2D eigenvalue weighted by molar-refractivity contribution is -0.143. The van der Waals surface area contributed by atoms with Crippen molar-refractivity contribution in [1.82, 2.24) is 0 Å². The molecule has 3 nitrogen and oxygen atoms in total. The Balaban J connectivity index is 2.76. The number of halogens is 2. The number of carbonyl (C=O) groups excluding carboxylic acids is 1. The van der Waals surface area contributed by atoms with Crippen molar-refractivity contribution in [2.24, 2.45) is 5.73 Å². The molecule has 0 aliphatic rings. The number of carbonyl (C=O) groups is 1. The van der Waals surface area contributed by atoms with E-state index in [1.54, 1.807) is 6.92 Å². The van der Waals surface area contributed by atoms with E-state index in [2.05, 4.69) is 0 Å². The van der Waals surface area contributed by atoms with Gasteiger partial charge in [0, 0.05) is 16.6 Å². The third-order valence-electron chi connectivity index (χ3n) is 2.05. The highest BCUT2D eigenvalue weighted by Crippen LogP contribution is 2.22. The molecule has 0 aliphatic carbocycles. The molecule has 0 unspecified atom stereocenters. The summed E-state index contributed by atoms with van der Waals surface area (Å²) in [6.07, 6.45) is -0.0644. The molecular formula is C11H13ClFNO2. The van der Waals surface area contributed by atoms with E-state index in [0.29, 0.717) is 5.02 Å². The van der Waals surface area contributed by atoms with E-state index in [9.17, 15) is 9.18 Å². The van der Waals surface area contributed by atoms with Gasteiger partial charge < -0.3 is 10.5 Å². The minimum Gasteiger partial charge on any atom is -0.466 e. The van der Waals surface area contributed by atoms with Gasteiger partial charge in [0.2, 0.25) is 0 Å². The van der Waals surface area contributed by atoms with E-state index in [-0.39, 0.29) is 18.6 Å². The van der Waals surface area contributed by atoms with Crippen molar-refractivity contribution in [3.05, 3.63) is 34.6 Å². The lowest BCUT2D eigenvalue weighted by Crippen LogP contribution is -2.18. The molecule has 1 aromatic rings. The molecule has 2 N–H and O–H groups in total. The normalized spacial score (nSPS) is 12.2. The zero-order valence-corrected chi connectivity index (χ0v) is 9.63. The van der Waals surface area contributed by atoms with Crippen LogP contribution in [-0.2, 0) is 9.53 Å². The number of hydrogen-bond donors (Lipinski definition) is 1. The third kappa shape index (κ3) is 3.47. The number of benzene rings is 1. The summed E-state index contributed by atoms with van der Waals surface area (Å²) in [5.74, 6) is -0.921. The molecule has 0 saturated carbocycles. The Morgan fingerprint density at radius 1 is 1.62 bits per heavy atom. The van der Waals surface area contributed by atoms with Gasteiger partial charge in [0.1, 0.15) is 5.82 Å². The number of esters is 1. The van der Waals surface area contributed by atoms with Crippen LogP contribution in [0.25, 0.3) is 0 Å². The van der Waals surface area contributed by atoms with E-state index >= 15 is 0 Å². The molecule has 0 aliphatic heterocycles. The molecule has 0 fully saturated rings. The minimum absolute atomic E-state index is 0.0644. The SMILES string of the molecule is CCOC(=O)C[C@@H](N)c1cc(Cl)ccc1F. The molecule has 0 bridgehead atoms. The minimum atomic E-state index is -0.738. The molecule has 0 saturated heterocycles. The summed E-state index contributed by atoms with van der Waals surface area (Å²) < 4.78 is 18.1. The smallest absolute Gasteiger partial charge is 0.307 e. The molecule has 0 spiro atoms. The Morgan fingerprint density at radius 2 is 2.31 bits per heavy atom. The molecule has 0 aromatic heterocycles. The van der Waals surface area contributed by atoms with Crippen LogP contribution in [0.4, 0.5) is 4.39 Å². The van der Waals surface area contributed by atoms with Crippen LogP contribution in [0.5, 0.6) is 0 Å². The second-order valence-corrected chi connectivity index (χ2v) is 3.72. The number of rotatable bonds is 4. The second-order valence-electron chi connectivity index (χ2n) is 3.28. The predicted molar refractivity (Wildman–Crippen MR) is 59.6 cm³/mol. The predicted octanol–water partition coefficient (Wildman–Crippen LogP) is 2.43. The third-order valence-corrected chi connectivity index (χ3v) is 2.28. The Kier molecular flexibility index (Phi) is 4.71. The molecule has 88 valence electrons. The molecule has 1 aromatic carbocycles. The summed E-state index contributed by atoms with van der Waals surface area (Å²) in [5, 5.41) is 0.385. The van der Waals surface area contributed by atoms with Gasteiger partial charge in [-0.3, -0.25) is 4.79 Å². The second kappa shape index (κ2) is 5.82. The van der Waals surface area contributed by atoms with Crippen LogP contribution in [0.3, 0.4) is 0 Å². The number of ether oxygens (including phenoxy) is 1. The molecule has 1 atom stereocenters. The van der Waals surface area contributed by atoms with Gasteiger partial charge in [-0.1, -0.05) is 11.6 Å². The topological polar surface area (TPSA) is 52.3 Å². The van der Waals surface area contributed by atoms with Crippen molar-refractivity contribution in [1.29, 1.82) is 0 Å². The van der Waals surface area contributed by atoms with Crippen molar-refractivity contribution in [2.45, 2.75) is 19.4 Å². The number of nitrogens with two attached hydrogens (primary N) is 1. The highest BCUT2D eigenvalue weighted by atomic mass is 35.5. The van der Waals surface area contributed by atoms with Crippen LogP contribution in [-0.4, -0.2) is 12.6 Å². The average molecular weight is 246 g/mol. The summed E-state index contributed by atoms with van der Waals surface area (Å²) >= 11 is 5.72. The van der Waals surface area contributed by atoms with Gasteiger partial charge >= 0.3 is 5.97 Å². The fraction of sp³-hybridized carbons (Fsp3) is 0.364. The molecule has 0 heterocycles. The van der Waals surface area contributed by atoms with E-state index in [4.69, 9.17) is 22.1 Å². The average Bonchev–Trinajstić information content (AvgIpc) is 2.21. The van der Waals surface area contributed by atoms with Crippen molar-refractivity contribution < 1.29 is 13.9 Å². The maximum atomic E-state index is 13.4. The van der Waals surface area contributed by atoms with Gasteiger partial charge in [-0.2, -0.15) is 0 Å². The molecule has 16 heavy (non-hydrogen) atoms. The zero-order chi connectivity index (χ0) is 12.1. The van der Waals surface area contributed by atoms with Crippen LogP contribution >= 0.6 is 11.6 Å². The van der Waals surface area contributed by atoms with Crippen LogP contribution in [0.2, 0.25) is 5.02 Å². The summed E-state index contributed by atoms with van der Waals surface area (Å²) in [6.45, 7) is 1.98. The Morgan fingerprint density at radius 3 is 2.94 bits per heavy atom. The van der Waals surface area contributed by atoms with Crippen molar-refractivity contribution in [3.8, 4) is 0 Å². The summed E-state index contributed by atoms with van der Waals surface area (Å²) in [6, 6.07) is 3.33. The van der Waals surface area contributed by atoms with Crippen LogP contribution in [0.1, 0.15) is 24.9 Å². The first-order chi connectivity index (χ1) is 7.54. The molecule has 1 rings (SSSR count). The van der Waals surface area contributed by atoms with Crippen molar-refractivity contribution >= 4 is 17.6 Å². The van der Waals surface area contributed by atoms with Gasteiger partial charge in [-0.05, 0) is 25.1 Å². The molecule has 0 radical (unpaired) electrons. The van der Waals surface area contributed by atoms with Gasteiger partial charge in [-0.25, -0.2) is 4.39 Å². The quantitative estimate of drug-likeness (QED) is 0.829.